The highest BCUT2D eigenvalue weighted by atomic mass is 16.3. The number of ketones is 2. The Labute approximate surface area is 727 Å². The zero-order chi connectivity index (χ0) is 91.8. The normalized spacial score (nSPS) is 26.6. The van der Waals surface area contributed by atoms with Crippen LogP contribution in [0.15, 0.2) is 85.2 Å². The van der Waals surface area contributed by atoms with Gasteiger partial charge in [-0.2, -0.15) is 0 Å². The van der Waals surface area contributed by atoms with Gasteiger partial charge in [-0.1, -0.05) is 116 Å². The van der Waals surface area contributed by atoms with E-state index in [1.54, 1.807) is 52.2 Å². The number of aliphatic hydroxyl groups excluding tert-OH is 1. The summed E-state index contributed by atoms with van der Waals surface area (Å²) < 4.78 is 0. The SMILES string of the molecule is CCCC[C@H]1C(=O)N(C)[C@@H](CCCC)C(=O)N[C@@H](CC(C)C)C(=O)N[C@H](C)C(=O)NCC(=O)N[C@@H](Cc2ccc(O)cc2)C(=O)N(C)[C@@H](C)C(=O)N[C@@H](CC(N)=O)C(=O)N2CCC[C@H]2C(=O)N[C@@H](CN)C(=O)N[C@@H](CC(C)C)C(=O)C2N[C@@H](C[C@H]2O)C(=O)C[C@@H](Cc2c[nH]c3ccccc23)C(=O)N[C@@H](CCN)C(=O)N[C@@H](Cc2c[nH]c3ccccc23)C(=O)N1C. The molecule has 0 radical (unpaired) electrons. The van der Waals surface area contributed by atoms with Crippen LogP contribution in [0, 0.1) is 17.8 Å². The van der Waals surface area contributed by atoms with E-state index >= 15 is 19.2 Å². The highest BCUT2D eigenvalue weighted by molar-refractivity contribution is 6.02. The Morgan fingerprint density at radius 1 is 0.536 bits per heavy atom. The number of rotatable bonds is 21. The molecule has 3 aliphatic rings. The number of benzene rings is 3. The number of hydrogen-bond acceptors (Lipinski definition) is 21. The van der Waals surface area contributed by atoms with Crippen LogP contribution in [0.4, 0.5) is 0 Å². The van der Waals surface area contributed by atoms with E-state index in [9.17, 15) is 67.7 Å². The van der Waals surface area contributed by atoms with Crippen LogP contribution < -0.4 is 70.4 Å². The maximum atomic E-state index is 15.7. The second-order valence-corrected chi connectivity index (χ2v) is 34.0. The number of aromatic hydroxyl groups is 1. The second-order valence-electron chi connectivity index (χ2n) is 34.0. The van der Waals surface area contributed by atoms with E-state index < -0.39 is 217 Å². The van der Waals surface area contributed by atoms with Gasteiger partial charge < -0.3 is 105 Å². The molecule has 0 saturated carbocycles. The van der Waals surface area contributed by atoms with Gasteiger partial charge in [0.05, 0.1) is 37.2 Å². The van der Waals surface area contributed by atoms with Crippen molar-refractivity contribution < 1.29 is 86.9 Å². The predicted octanol–water partition coefficient (Wildman–Crippen LogP) is -0.206. The van der Waals surface area contributed by atoms with Gasteiger partial charge in [0.25, 0.3) is 0 Å². The zero-order valence-electron chi connectivity index (χ0n) is 73.3. The Morgan fingerprint density at radius 3 is 1.66 bits per heavy atom. The topological polar surface area (TPSA) is 556 Å². The maximum absolute atomic E-state index is 15.7. The molecule has 125 heavy (non-hydrogen) atoms. The lowest BCUT2D eigenvalue weighted by atomic mass is 9.90. The summed E-state index contributed by atoms with van der Waals surface area (Å²) in [6, 6.07) is 0.410. The van der Waals surface area contributed by atoms with E-state index in [-0.39, 0.29) is 101 Å². The van der Waals surface area contributed by atoms with Crippen LogP contribution in [-0.4, -0.2) is 272 Å². The number of H-pyrrole nitrogens is 2. The molecule has 16 atom stereocenters. The Morgan fingerprint density at radius 2 is 1.06 bits per heavy atom. The summed E-state index contributed by atoms with van der Waals surface area (Å²) in [5.41, 5.74) is 21.1. The van der Waals surface area contributed by atoms with Gasteiger partial charge in [-0.3, -0.25) is 82.0 Å². The van der Waals surface area contributed by atoms with Crippen molar-refractivity contribution in [2.45, 2.75) is 255 Å². The molecule has 5 heterocycles. The zero-order valence-corrected chi connectivity index (χ0v) is 73.3. The number of Topliss-reactive ketones (excluding diaryl/α,β-unsaturated/α-hetero) is 2. The highest BCUT2D eigenvalue weighted by Gasteiger charge is 2.47. The number of nitrogens with one attached hydrogen (secondary N) is 12. The molecule has 3 aliphatic heterocycles. The van der Waals surface area contributed by atoms with Gasteiger partial charge in [0.15, 0.2) is 11.6 Å². The Bertz CT molecular complexity index is 4670. The van der Waals surface area contributed by atoms with Crippen molar-refractivity contribution in [3.8, 4) is 5.75 Å². The summed E-state index contributed by atoms with van der Waals surface area (Å²) in [6.45, 7) is 12.0. The number of likely N-dealkylation sites (N-methyl/N-ethyl adjacent to an activating group) is 3. The van der Waals surface area contributed by atoms with Gasteiger partial charge in [-0.15, -0.1) is 0 Å². The van der Waals surface area contributed by atoms with Gasteiger partial charge in [0.2, 0.25) is 82.7 Å². The average Bonchev–Trinajstić information content (AvgIpc) is 1.79. The Kier molecular flexibility index (Phi) is 36.6. The number of para-hydroxylation sites is 2. The van der Waals surface area contributed by atoms with E-state index in [0.29, 0.717) is 58.8 Å². The standard InChI is InChI=1S/C88H127N19O18/c1-12-14-25-68-83(120)100-63(36-48(5)6)81(118)95-49(7)77(114)94-46-74(112)96-64(37-51-28-30-55(108)31-29-51)85(122)104(9)50(8)78(115)101-66(42-73(91)111)87(124)107-34-20-27-69(107)84(121)103-67(43-90)82(119)99-62(35-47(3)4)76(113)75-72(110)41-61(97-75)71(109)40-52(38-53-44-92-58-23-18-16-21-56(53)58)79(116)98-60(32-33-89)80(117)102-65(39-54-45-93-59-24-19-17-22-57(54)59)86(123)106(11)70(26-15-13-2)88(125)105(68)10/h16-19,21-24,28-31,44-45,47-50,52,60-70,72,75,92-93,97,108,110H,12-15,20,25-27,32-43,46,89-90H2,1-11H3,(H2,91,111)(H,94,114)(H,95,118)(H,96,112)(H,98,116)(H,99,119)(H,100,120)(H,101,115)(H,102,117)(H,103,121)/t49-,50+,52-,60+,61+,62+,63+,64+,65+,66+,67+,68+,69+,70+,72-,75?/m1/s1. The number of unbranched alkanes of at least 4 members (excludes halogenated alkanes) is 2. The molecule has 37 nitrogen and oxygen atoms in total. The number of carbonyl (C=O) groups excluding carboxylic acids is 16. The minimum absolute atomic E-state index is 0.0172. The van der Waals surface area contributed by atoms with E-state index in [1.807, 2.05) is 50.2 Å². The molecule has 2 aromatic heterocycles. The number of nitrogens with zero attached hydrogens (tertiary/aromatic N) is 4. The summed E-state index contributed by atoms with van der Waals surface area (Å²) >= 11 is 0. The minimum Gasteiger partial charge on any atom is -0.508 e. The summed E-state index contributed by atoms with van der Waals surface area (Å²) in [4.78, 5) is 245. The molecular formula is C88H127N19O18. The van der Waals surface area contributed by atoms with Gasteiger partial charge in [-0.05, 0) is 131 Å². The van der Waals surface area contributed by atoms with Gasteiger partial charge >= 0.3 is 0 Å². The van der Waals surface area contributed by atoms with Crippen LogP contribution >= 0.6 is 0 Å². The number of aromatic amines is 2. The smallest absolute Gasteiger partial charge is 0.246 e. The summed E-state index contributed by atoms with van der Waals surface area (Å²) in [5, 5.41) is 50.3. The third kappa shape index (κ3) is 26.7. The van der Waals surface area contributed by atoms with Crippen LogP contribution in [0.2, 0.25) is 0 Å². The monoisotopic (exact) mass is 1740 g/mol. The third-order valence-corrected chi connectivity index (χ3v) is 23.5. The fourth-order valence-corrected chi connectivity index (χ4v) is 16.3. The number of phenolic OH excluding ortho intramolecular Hbond substituents is 1. The van der Waals surface area contributed by atoms with Crippen molar-refractivity contribution in [2.75, 3.05) is 47.3 Å². The van der Waals surface area contributed by atoms with Crippen molar-refractivity contribution in [3.63, 3.8) is 0 Å². The molecule has 3 saturated heterocycles. The van der Waals surface area contributed by atoms with Crippen LogP contribution in [0.25, 0.3) is 21.8 Å². The van der Waals surface area contributed by atoms with E-state index in [0.717, 1.165) is 15.2 Å². The molecule has 682 valence electrons. The number of hydrogen-bond donors (Lipinski definition) is 17. The van der Waals surface area contributed by atoms with Crippen molar-refractivity contribution in [1.82, 2.24) is 82.7 Å². The quantitative estimate of drug-likeness (QED) is 0.0452. The largest absolute Gasteiger partial charge is 0.508 e. The van der Waals surface area contributed by atoms with Crippen LogP contribution in [0.1, 0.15) is 162 Å². The molecule has 20 N–H and O–H groups in total. The van der Waals surface area contributed by atoms with E-state index in [4.69, 9.17) is 17.2 Å². The number of amides is 14. The number of phenols is 1. The second kappa shape index (κ2) is 46.3. The maximum Gasteiger partial charge on any atom is 0.246 e. The number of carbonyl (C=O) groups is 16. The lowest BCUT2D eigenvalue weighted by Crippen LogP contribution is -2.61. The lowest BCUT2D eigenvalue weighted by molar-refractivity contribution is -0.149. The first-order valence-electron chi connectivity index (χ1n) is 43.3. The molecule has 0 spiro atoms. The van der Waals surface area contributed by atoms with Gasteiger partial charge in [0.1, 0.15) is 72.2 Å². The molecular weight excluding hydrogens is 1610 g/mol. The van der Waals surface area contributed by atoms with Crippen molar-refractivity contribution >= 4 is 116 Å². The predicted molar refractivity (Wildman–Crippen MR) is 464 cm³/mol. The molecule has 2 bridgehead atoms. The summed E-state index contributed by atoms with van der Waals surface area (Å²) in [5.74, 6) is -15.3. The molecule has 14 amide bonds. The molecule has 0 aliphatic carbocycles. The van der Waals surface area contributed by atoms with E-state index in [2.05, 4.69) is 63.1 Å². The van der Waals surface area contributed by atoms with E-state index in [1.165, 1.54) is 69.1 Å². The molecule has 3 fully saturated rings. The molecule has 1 unspecified atom stereocenters. The lowest BCUT2D eigenvalue weighted by Gasteiger charge is -2.36. The summed E-state index contributed by atoms with van der Waals surface area (Å²) in [6.07, 6.45) is 1.97. The third-order valence-electron chi connectivity index (χ3n) is 23.5. The van der Waals surface area contributed by atoms with Crippen molar-refractivity contribution in [2.24, 2.45) is 35.0 Å². The van der Waals surface area contributed by atoms with Crippen LogP contribution in [0.3, 0.4) is 0 Å². The highest BCUT2D eigenvalue weighted by Crippen LogP contribution is 2.29. The molecule has 37 heteroatoms. The first-order chi connectivity index (χ1) is 59.4. The molecule has 8 rings (SSSR count). The number of nitrogens with two attached hydrogens (primary N) is 3. The average molecular weight is 1740 g/mol. The van der Waals surface area contributed by atoms with Gasteiger partial charge in [0, 0.05) is 93.6 Å². The minimum atomic E-state index is -1.73. The number of aromatic nitrogens is 2. The first-order valence-corrected chi connectivity index (χ1v) is 43.3. The number of primary amides is 1. The van der Waals surface area contributed by atoms with Crippen molar-refractivity contribution in [1.29, 1.82) is 0 Å². The number of fused-ring (bicyclic) bond motifs is 5. The fraction of sp³-hybridized carbons (Fsp3) is 0.568. The fourth-order valence-electron chi connectivity index (χ4n) is 16.3. The Balaban J connectivity index is 1.14. The molecule has 3 aromatic carbocycles. The van der Waals surface area contributed by atoms with Crippen LogP contribution in [-0.2, 0) is 96.0 Å². The first kappa shape index (κ1) is 98.7. The Hall–Kier alpha value is -11.7. The van der Waals surface area contributed by atoms with Crippen LogP contribution in [0.5, 0.6) is 5.75 Å². The number of aliphatic hydroxyl groups is 1. The molecule has 5 aromatic rings. The summed E-state index contributed by atoms with van der Waals surface area (Å²) in [7, 11) is 4.08. The van der Waals surface area contributed by atoms with Crippen molar-refractivity contribution in [3.05, 3.63) is 102 Å². The van der Waals surface area contributed by atoms with Gasteiger partial charge in [-0.25, -0.2) is 0 Å².